The summed E-state index contributed by atoms with van der Waals surface area (Å²) < 4.78 is 9.96. The standard InChI is InChI=1S/C12H14N2O3/c1-16-12-7-11(17-14-12)9(13)6-8-4-2-3-5-10(8)15/h2-5,7,9,15H,6,13H2,1H3. The average Bonchev–Trinajstić information content (AvgIpc) is 2.81. The molecule has 2 aromatic rings. The lowest BCUT2D eigenvalue weighted by molar-refractivity contribution is 0.317. The van der Waals surface area contributed by atoms with Crippen molar-refractivity contribution in [2.24, 2.45) is 5.73 Å². The zero-order valence-corrected chi connectivity index (χ0v) is 9.46. The van der Waals surface area contributed by atoms with E-state index in [2.05, 4.69) is 5.16 Å². The lowest BCUT2D eigenvalue weighted by Crippen LogP contribution is -2.12. The lowest BCUT2D eigenvalue weighted by atomic mass is 10.0. The number of aromatic nitrogens is 1. The van der Waals surface area contributed by atoms with Crippen molar-refractivity contribution < 1.29 is 14.4 Å². The number of phenolic OH excluding ortho intramolecular Hbond substituents is 1. The van der Waals surface area contributed by atoms with E-state index in [0.29, 0.717) is 18.1 Å². The molecule has 0 spiro atoms. The molecule has 1 aromatic heterocycles. The summed E-state index contributed by atoms with van der Waals surface area (Å²) in [6.45, 7) is 0. The number of nitrogens with two attached hydrogens (primary N) is 1. The third-order valence-electron chi connectivity index (χ3n) is 2.51. The number of ether oxygens (including phenoxy) is 1. The fourth-order valence-electron chi connectivity index (χ4n) is 1.56. The van der Waals surface area contributed by atoms with E-state index in [1.54, 1.807) is 18.2 Å². The van der Waals surface area contributed by atoms with Crippen LogP contribution >= 0.6 is 0 Å². The molecule has 0 aliphatic carbocycles. The first-order chi connectivity index (χ1) is 8.20. The predicted octanol–water partition coefficient (Wildman–Crippen LogP) is 1.63. The second kappa shape index (κ2) is 4.88. The maximum atomic E-state index is 9.63. The van der Waals surface area contributed by atoms with E-state index in [1.807, 2.05) is 12.1 Å². The van der Waals surface area contributed by atoms with E-state index < -0.39 is 0 Å². The molecule has 1 aromatic carbocycles. The Labute approximate surface area is 98.8 Å². The summed E-state index contributed by atoms with van der Waals surface area (Å²) in [7, 11) is 1.51. The van der Waals surface area contributed by atoms with Gasteiger partial charge in [0.05, 0.1) is 13.2 Å². The average molecular weight is 234 g/mol. The van der Waals surface area contributed by atoms with Gasteiger partial charge in [0.1, 0.15) is 5.75 Å². The largest absolute Gasteiger partial charge is 0.508 e. The highest BCUT2D eigenvalue weighted by molar-refractivity contribution is 5.33. The number of aromatic hydroxyl groups is 1. The van der Waals surface area contributed by atoms with Gasteiger partial charge in [-0.2, -0.15) is 0 Å². The number of phenols is 1. The maximum absolute atomic E-state index is 9.63. The first-order valence-electron chi connectivity index (χ1n) is 5.23. The molecular weight excluding hydrogens is 220 g/mol. The Balaban J connectivity index is 2.11. The number of rotatable bonds is 4. The van der Waals surface area contributed by atoms with Crippen LogP contribution in [0.15, 0.2) is 34.9 Å². The van der Waals surface area contributed by atoms with Crippen LogP contribution in [0.1, 0.15) is 17.4 Å². The van der Waals surface area contributed by atoms with Gasteiger partial charge in [-0.3, -0.25) is 0 Å². The van der Waals surface area contributed by atoms with Crippen LogP contribution in [0.2, 0.25) is 0 Å². The summed E-state index contributed by atoms with van der Waals surface area (Å²) in [4.78, 5) is 0. The Morgan fingerprint density at radius 2 is 2.24 bits per heavy atom. The molecule has 5 nitrogen and oxygen atoms in total. The summed E-state index contributed by atoms with van der Waals surface area (Å²) in [6.07, 6.45) is 0.477. The number of nitrogens with zero attached hydrogens (tertiary/aromatic N) is 1. The van der Waals surface area contributed by atoms with Crippen LogP contribution in [0, 0.1) is 0 Å². The monoisotopic (exact) mass is 234 g/mol. The van der Waals surface area contributed by atoms with Gasteiger partial charge in [-0.05, 0) is 23.2 Å². The van der Waals surface area contributed by atoms with Gasteiger partial charge in [0.15, 0.2) is 5.76 Å². The van der Waals surface area contributed by atoms with Crippen LogP contribution in [-0.4, -0.2) is 17.4 Å². The summed E-state index contributed by atoms with van der Waals surface area (Å²) in [6, 6.07) is 8.35. The molecule has 1 atom stereocenters. The van der Waals surface area contributed by atoms with Gasteiger partial charge >= 0.3 is 0 Å². The molecule has 0 aliphatic rings. The van der Waals surface area contributed by atoms with Gasteiger partial charge in [-0.1, -0.05) is 18.2 Å². The van der Waals surface area contributed by atoms with E-state index in [1.165, 1.54) is 7.11 Å². The van der Waals surface area contributed by atoms with E-state index in [4.69, 9.17) is 15.0 Å². The summed E-state index contributed by atoms with van der Waals surface area (Å²) >= 11 is 0. The topological polar surface area (TPSA) is 81.5 Å². The van der Waals surface area contributed by atoms with Crippen LogP contribution < -0.4 is 10.5 Å². The van der Waals surface area contributed by atoms with Crippen LogP contribution in [-0.2, 0) is 6.42 Å². The third kappa shape index (κ3) is 2.57. The van der Waals surface area contributed by atoms with Gasteiger partial charge in [-0.15, -0.1) is 0 Å². The van der Waals surface area contributed by atoms with Crippen molar-refractivity contribution in [1.82, 2.24) is 5.16 Å². The van der Waals surface area contributed by atoms with Crippen molar-refractivity contribution in [2.75, 3.05) is 7.11 Å². The number of hydrogen-bond donors (Lipinski definition) is 2. The Kier molecular flexibility index (Phi) is 3.30. The Morgan fingerprint density at radius 3 is 2.88 bits per heavy atom. The molecule has 5 heteroatoms. The molecule has 0 aliphatic heterocycles. The van der Waals surface area contributed by atoms with Crippen molar-refractivity contribution in [3.8, 4) is 11.6 Å². The molecule has 17 heavy (non-hydrogen) atoms. The van der Waals surface area contributed by atoms with Crippen LogP contribution in [0.4, 0.5) is 0 Å². The molecule has 3 N–H and O–H groups in total. The van der Waals surface area contributed by atoms with E-state index in [9.17, 15) is 5.11 Å². The molecule has 1 heterocycles. The molecule has 0 saturated carbocycles. The van der Waals surface area contributed by atoms with Crippen LogP contribution in [0.25, 0.3) is 0 Å². The highest BCUT2D eigenvalue weighted by Gasteiger charge is 2.15. The van der Waals surface area contributed by atoms with Crippen molar-refractivity contribution in [3.05, 3.63) is 41.7 Å². The van der Waals surface area contributed by atoms with Crippen molar-refractivity contribution in [1.29, 1.82) is 0 Å². The second-order valence-electron chi connectivity index (χ2n) is 3.71. The minimum Gasteiger partial charge on any atom is -0.508 e. The smallest absolute Gasteiger partial charge is 0.254 e. The highest BCUT2D eigenvalue weighted by Crippen LogP contribution is 2.24. The normalized spacial score (nSPS) is 12.4. The predicted molar refractivity (Wildman–Crippen MR) is 61.8 cm³/mol. The van der Waals surface area contributed by atoms with Crippen LogP contribution in [0.3, 0.4) is 0 Å². The summed E-state index contributed by atoms with van der Waals surface area (Å²) in [5.41, 5.74) is 6.74. The number of benzene rings is 1. The Hall–Kier alpha value is -2.01. The maximum Gasteiger partial charge on any atom is 0.254 e. The van der Waals surface area contributed by atoms with Gasteiger partial charge in [0, 0.05) is 6.07 Å². The van der Waals surface area contributed by atoms with Gasteiger partial charge in [0.25, 0.3) is 5.88 Å². The summed E-state index contributed by atoms with van der Waals surface area (Å²) in [5, 5.41) is 13.3. The quantitative estimate of drug-likeness (QED) is 0.840. The molecule has 0 bridgehead atoms. The molecule has 0 radical (unpaired) electrons. The first kappa shape index (κ1) is 11.5. The lowest BCUT2D eigenvalue weighted by Gasteiger charge is -2.08. The number of methoxy groups -OCH3 is 1. The first-order valence-corrected chi connectivity index (χ1v) is 5.23. The van der Waals surface area contributed by atoms with Crippen molar-refractivity contribution in [2.45, 2.75) is 12.5 Å². The minimum absolute atomic E-state index is 0.231. The van der Waals surface area contributed by atoms with Gasteiger partial charge in [0.2, 0.25) is 0 Å². The second-order valence-corrected chi connectivity index (χ2v) is 3.71. The Bertz CT molecular complexity index is 496. The molecule has 0 amide bonds. The molecule has 90 valence electrons. The molecular formula is C12H14N2O3. The number of hydrogen-bond acceptors (Lipinski definition) is 5. The zero-order valence-electron chi connectivity index (χ0n) is 9.46. The van der Waals surface area contributed by atoms with Crippen LogP contribution in [0.5, 0.6) is 11.6 Å². The SMILES string of the molecule is COc1cc(C(N)Cc2ccccc2O)on1. The zero-order chi connectivity index (χ0) is 12.3. The molecule has 0 saturated heterocycles. The van der Waals surface area contributed by atoms with Gasteiger partial charge in [-0.25, -0.2) is 0 Å². The van der Waals surface area contributed by atoms with E-state index >= 15 is 0 Å². The minimum atomic E-state index is -0.361. The molecule has 0 fully saturated rings. The van der Waals surface area contributed by atoms with E-state index in [-0.39, 0.29) is 11.8 Å². The molecule has 2 rings (SSSR count). The molecule has 1 unspecified atom stereocenters. The fourth-order valence-corrected chi connectivity index (χ4v) is 1.56. The Morgan fingerprint density at radius 1 is 1.47 bits per heavy atom. The van der Waals surface area contributed by atoms with Crippen molar-refractivity contribution >= 4 is 0 Å². The van der Waals surface area contributed by atoms with Gasteiger partial charge < -0.3 is 20.1 Å². The third-order valence-corrected chi connectivity index (χ3v) is 2.51. The summed E-state index contributed by atoms with van der Waals surface area (Å²) in [5.74, 6) is 1.16. The van der Waals surface area contributed by atoms with Crippen molar-refractivity contribution in [3.63, 3.8) is 0 Å². The number of para-hydroxylation sites is 1. The fraction of sp³-hybridized carbons (Fsp3) is 0.250. The van der Waals surface area contributed by atoms with E-state index in [0.717, 1.165) is 5.56 Å². The highest BCUT2D eigenvalue weighted by atomic mass is 16.5.